The summed E-state index contributed by atoms with van der Waals surface area (Å²) >= 11 is 3.46. The fourth-order valence-corrected chi connectivity index (χ4v) is 5.62. The minimum absolute atomic E-state index is 0.0741. The fourth-order valence-electron chi connectivity index (χ4n) is 5.35. The number of likely N-dealkylation sites (N-methyl/N-ethyl adjacent to an activating group) is 1. The van der Waals surface area contributed by atoms with Crippen LogP contribution in [0.2, 0.25) is 0 Å². The summed E-state index contributed by atoms with van der Waals surface area (Å²) in [6, 6.07) is 16.0. The van der Waals surface area contributed by atoms with E-state index in [9.17, 15) is 9.59 Å². The summed E-state index contributed by atoms with van der Waals surface area (Å²) in [6.07, 6.45) is 2.34. The number of nitrogens with zero attached hydrogens (tertiary/aromatic N) is 4. The van der Waals surface area contributed by atoms with E-state index in [1.54, 1.807) is 0 Å². The highest BCUT2D eigenvalue weighted by Gasteiger charge is 2.49. The van der Waals surface area contributed by atoms with Gasteiger partial charge in [0.2, 0.25) is 5.91 Å². The minimum atomic E-state index is -0.324. The smallest absolute Gasteiger partial charge is 0.253 e. The van der Waals surface area contributed by atoms with Crippen LogP contribution in [0, 0.1) is 5.41 Å². The molecule has 33 heavy (non-hydrogen) atoms. The van der Waals surface area contributed by atoms with Crippen molar-refractivity contribution in [3.63, 3.8) is 0 Å². The first kappa shape index (κ1) is 22.4. The molecule has 0 radical (unpaired) electrons. The zero-order valence-corrected chi connectivity index (χ0v) is 20.8. The number of rotatable bonds is 3. The number of hydrogen-bond donors (Lipinski definition) is 0. The SMILES string of the molecule is CN1CCN(c2ccc(C(=O)N3CCC4(CC3)CCN(c3ccc(Br)cc3)C4=O)cc2)CC1. The molecule has 7 heteroatoms. The van der Waals surface area contributed by atoms with Crippen molar-refractivity contribution in [3.8, 4) is 0 Å². The number of carbonyl (C=O) groups is 2. The Bertz CT molecular complexity index is 1010. The number of carbonyl (C=O) groups excluding carboxylic acids is 2. The van der Waals surface area contributed by atoms with Crippen molar-refractivity contribution in [2.45, 2.75) is 19.3 Å². The van der Waals surface area contributed by atoms with Crippen molar-refractivity contribution in [2.24, 2.45) is 5.41 Å². The van der Waals surface area contributed by atoms with Gasteiger partial charge in [0, 0.05) is 67.2 Å². The van der Waals surface area contributed by atoms with E-state index in [1.165, 1.54) is 5.69 Å². The zero-order chi connectivity index (χ0) is 23.0. The number of piperazine rings is 1. The third-order valence-corrected chi connectivity index (χ3v) is 8.17. The van der Waals surface area contributed by atoms with Crippen LogP contribution in [0.25, 0.3) is 0 Å². The number of benzene rings is 2. The quantitative estimate of drug-likeness (QED) is 0.628. The van der Waals surface area contributed by atoms with E-state index >= 15 is 0 Å². The topological polar surface area (TPSA) is 47.1 Å². The molecule has 0 bridgehead atoms. The molecule has 2 aromatic rings. The largest absolute Gasteiger partial charge is 0.369 e. The molecule has 0 unspecified atom stereocenters. The normalized spacial score (nSPS) is 21.2. The van der Waals surface area contributed by atoms with E-state index in [0.29, 0.717) is 13.1 Å². The lowest BCUT2D eigenvalue weighted by molar-refractivity contribution is -0.127. The van der Waals surface area contributed by atoms with E-state index < -0.39 is 0 Å². The number of piperidine rings is 1. The summed E-state index contributed by atoms with van der Waals surface area (Å²) in [5, 5.41) is 0. The maximum Gasteiger partial charge on any atom is 0.253 e. The molecule has 174 valence electrons. The summed E-state index contributed by atoms with van der Waals surface area (Å²) in [7, 11) is 2.15. The summed E-state index contributed by atoms with van der Waals surface area (Å²) in [4.78, 5) is 35.0. The molecule has 3 saturated heterocycles. The monoisotopic (exact) mass is 510 g/mol. The Morgan fingerprint density at radius 3 is 2.00 bits per heavy atom. The predicted octanol–water partition coefficient (Wildman–Crippen LogP) is 3.86. The molecule has 2 amide bonds. The van der Waals surface area contributed by atoms with E-state index in [4.69, 9.17) is 0 Å². The second-order valence-electron chi connectivity index (χ2n) is 9.59. The van der Waals surface area contributed by atoms with Gasteiger partial charge < -0.3 is 19.6 Å². The minimum Gasteiger partial charge on any atom is -0.369 e. The van der Waals surface area contributed by atoms with Gasteiger partial charge in [-0.2, -0.15) is 0 Å². The highest BCUT2D eigenvalue weighted by Crippen LogP contribution is 2.43. The van der Waals surface area contributed by atoms with Crippen LogP contribution in [0.4, 0.5) is 11.4 Å². The molecule has 3 fully saturated rings. The third kappa shape index (κ3) is 4.41. The van der Waals surface area contributed by atoms with Gasteiger partial charge in [-0.15, -0.1) is 0 Å². The van der Waals surface area contributed by atoms with Crippen molar-refractivity contribution < 1.29 is 9.59 Å². The van der Waals surface area contributed by atoms with Gasteiger partial charge >= 0.3 is 0 Å². The first-order valence-electron chi connectivity index (χ1n) is 11.9. The average molecular weight is 511 g/mol. The standard InChI is InChI=1S/C26H31BrN4O2/c1-28-16-18-29(19-17-28)22-6-2-20(3-7-22)24(32)30-13-10-26(11-14-30)12-15-31(25(26)33)23-8-4-21(27)5-9-23/h2-9H,10-19H2,1H3. The van der Waals surface area contributed by atoms with Crippen molar-refractivity contribution in [3.05, 3.63) is 58.6 Å². The molecule has 0 aliphatic carbocycles. The number of halogens is 1. The molecule has 3 heterocycles. The lowest BCUT2D eigenvalue weighted by Crippen LogP contribution is -2.46. The van der Waals surface area contributed by atoms with E-state index in [1.807, 2.05) is 46.2 Å². The second kappa shape index (κ2) is 9.11. The van der Waals surface area contributed by atoms with Gasteiger partial charge in [-0.1, -0.05) is 15.9 Å². The van der Waals surface area contributed by atoms with Crippen molar-refractivity contribution in [1.82, 2.24) is 9.80 Å². The van der Waals surface area contributed by atoms with Crippen LogP contribution in [0.5, 0.6) is 0 Å². The summed E-state index contributed by atoms with van der Waals surface area (Å²) in [5.41, 5.74) is 2.55. The molecule has 1 spiro atoms. The van der Waals surface area contributed by atoms with E-state index in [-0.39, 0.29) is 17.2 Å². The van der Waals surface area contributed by atoms with Gasteiger partial charge in [0.15, 0.2) is 0 Å². The molecule has 3 aliphatic rings. The number of likely N-dealkylation sites (tertiary alicyclic amines) is 1. The van der Waals surface area contributed by atoms with Crippen LogP contribution in [0.3, 0.4) is 0 Å². The van der Waals surface area contributed by atoms with Gasteiger partial charge in [0.05, 0.1) is 5.41 Å². The first-order chi connectivity index (χ1) is 15.9. The maximum absolute atomic E-state index is 13.3. The Kier molecular flexibility index (Phi) is 6.18. The van der Waals surface area contributed by atoms with Gasteiger partial charge in [-0.3, -0.25) is 9.59 Å². The van der Waals surface area contributed by atoms with Crippen molar-refractivity contribution in [2.75, 3.05) is 62.7 Å². The Morgan fingerprint density at radius 1 is 0.788 bits per heavy atom. The highest BCUT2D eigenvalue weighted by atomic mass is 79.9. The van der Waals surface area contributed by atoms with E-state index in [0.717, 1.165) is 67.7 Å². The molecule has 0 N–H and O–H groups in total. The van der Waals surface area contributed by atoms with Crippen LogP contribution < -0.4 is 9.80 Å². The predicted molar refractivity (Wildman–Crippen MR) is 135 cm³/mol. The Labute approximate surface area is 204 Å². The van der Waals surface area contributed by atoms with Gasteiger partial charge in [-0.25, -0.2) is 0 Å². The van der Waals surface area contributed by atoms with Gasteiger partial charge in [0.1, 0.15) is 0 Å². The third-order valence-electron chi connectivity index (χ3n) is 7.64. The van der Waals surface area contributed by atoms with Gasteiger partial charge in [-0.05, 0) is 74.8 Å². The molecule has 0 saturated carbocycles. The second-order valence-corrected chi connectivity index (χ2v) is 10.5. The molecule has 0 atom stereocenters. The lowest BCUT2D eigenvalue weighted by Gasteiger charge is -2.38. The highest BCUT2D eigenvalue weighted by molar-refractivity contribution is 9.10. The molecule has 2 aromatic carbocycles. The average Bonchev–Trinajstić information content (AvgIpc) is 3.16. The fraction of sp³-hybridized carbons (Fsp3) is 0.462. The lowest BCUT2D eigenvalue weighted by atomic mass is 9.77. The van der Waals surface area contributed by atoms with Crippen LogP contribution in [0.1, 0.15) is 29.6 Å². The Morgan fingerprint density at radius 2 is 1.36 bits per heavy atom. The summed E-state index contributed by atoms with van der Waals surface area (Å²) in [5.74, 6) is 0.290. The van der Waals surface area contributed by atoms with Gasteiger partial charge in [0.25, 0.3) is 5.91 Å². The Hall–Kier alpha value is -2.38. The molecule has 0 aromatic heterocycles. The maximum atomic E-state index is 13.3. The molecular formula is C26H31BrN4O2. The number of anilines is 2. The molecule has 5 rings (SSSR count). The first-order valence-corrected chi connectivity index (χ1v) is 12.6. The van der Waals surface area contributed by atoms with E-state index in [2.05, 4.69) is 44.9 Å². The van der Waals surface area contributed by atoms with Crippen LogP contribution >= 0.6 is 15.9 Å². The molecule has 6 nitrogen and oxygen atoms in total. The number of amides is 2. The zero-order valence-electron chi connectivity index (χ0n) is 19.2. The molecular weight excluding hydrogens is 480 g/mol. The van der Waals surface area contributed by atoms with Crippen LogP contribution in [-0.4, -0.2) is 74.5 Å². The summed E-state index contributed by atoms with van der Waals surface area (Å²) < 4.78 is 1.01. The Balaban J connectivity index is 1.20. The summed E-state index contributed by atoms with van der Waals surface area (Å²) in [6.45, 7) is 6.19. The van der Waals surface area contributed by atoms with Crippen molar-refractivity contribution >= 4 is 39.1 Å². The van der Waals surface area contributed by atoms with Crippen LogP contribution in [-0.2, 0) is 4.79 Å². The molecule has 3 aliphatic heterocycles. The number of hydrogen-bond acceptors (Lipinski definition) is 4. The van der Waals surface area contributed by atoms with Crippen molar-refractivity contribution in [1.29, 1.82) is 0 Å². The van der Waals surface area contributed by atoms with Crippen LogP contribution in [0.15, 0.2) is 53.0 Å².